The molecule has 0 saturated carbocycles. The van der Waals surface area contributed by atoms with Crippen molar-refractivity contribution in [3.05, 3.63) is 30.2 Å². The highest BCUT2D eigenvalue weighted by atomic mass is 16.5. The van der Waals surface area contributed by atoms with Gasteiger partial charge in [-0.05, 0) is 18.6 Å². The Morgan fingerprint density at radius 1 is 1.26 bits per heavy atom. The largest absolute Gasteiger partial charge is 0.383 e. The van der Waals surface area contributed by atoms with E-state index in [9.17, 15) is 0 Å². The lowest BCUT2D eigenvalue weighted by Crippen LogP contribution is -1.98. The van der Waals surface area contributed by atoms with E-state index in [0.29, 0.717) is 23.1 Å². The molecule has 7 heteroatoms. The Kier molecular flexibility index (Phi) is 2.52. The maximum atomic E-state index is 5.87. The molecule has 3 aromatic rings. The molecule has 0 aromatic carbocycles. The Bertz CT molecular complexity index is 729. The van der Waals surface area contributed by atoms with Crippen molar-refractivity contribution in [2.24, 2.45) is 7.05 Å². The summed E-state index contributed by atoms with van der Waals surface area (Å²) in [6, 6.07) is 1.89. The molecule has 19 heavy (non-hydrogen) atoms. The number of anilines is 1. The average molecular weight is 256 g/mol. The molecule has 0 fully saturated rings. The molecule has 2 N–H and O–H groups in total. The SMILES string of the molecule is Cc1ccncc1-c1noc(-c2cnn(C)c2N)n1. The molecule has 0 unspecified atom stereocenters. The lowest BCUT2D eigenvalue weighted by Gasteiger charge is -1.97. The van der Waals surface area contributed by atoms with Crippen LogP contribution in [-0.2, 0) is 7.05 Å². The van der Waals surface area contributed by atoms with E-state index in [0.717, 1.165) is 11.1 Å². The van der Waals surface area contributed by atoms with Crippen molar-refractivity contribution in [1.29, 1.82) is 0 Å². The summed E-state index contributed by atoms with van der Waals surface area (Å²) in [4.78, 5) is 8.40. The molecule has 0 saturated heterocycles. The molecule has 0 aliphatic carbocycles. The molecule has 0 amide bonds. The number of nitrogens with two attached hydrogens (primary N) is 1. The maximum absolute atomic E-state index is 5.87. The van der Waals surface area contributed by atoms with Crippen LogP contribution in [0.3, 0.4) is 0 Å². The van der Waals surface area contributed by atoms with Crippen molar-refractivity contribution in [2.45, 2.75) is 6.92 Å². The first-order chi connectivity index (χ1) is 9.16. The molecule has 3 rings (SSSR count). The number of aromatic nitrogens is 5. The molecular formula is C12H12N6O. The third-order valence-electron chi connectivity index (χ3n) is 2.92. The summed E-state index contributed by atoms with van der Waals surface area (Å²) in [6.45, 7) is 1.96. The first-order valence-electron chi connectivity index (χ1n) is 5.69. The molecule has 7 nitrogen and oxygen atoms in total. The van der Waals surface area contributed by atoms with Crippen molar-refractivity contribution >= 4 is 5.82 Å². The van der Waals surface area contributed by atoms with E-state index in [1.807, 2.05) is 13.0 Å². The highest BCUT2D eigenvalue weighted by Crippen LogP contribution is 2.26. The van der Waals surface area contributed by atoms with Crippen LogP contribution in [0.2, 0.25) is 0 Å². The predicted molar refractivity (Wildman–Crippen MR) is 68.9 cm³/mol. The second-order valence-electron chi connectivity index (χ2n) is 4.18. The maximum Gasteiger partial charge on any atom is 0.263 e. The third kappa shape index (κ3) is 1.85. The average Bonchev–Trinajstić information content (AvgIpc) is 2.99. The fourth-order valence-electron chi connectivity index (χ4n) is 1.75. The Balaban J connectivity index is 2.05. The van der Waals surface area contributed by atoms with Gasteiger partial charge in [0.2, 0.25) is 5.82 Å². The Morgan fingerprint density at radius 2 is 2.11 bits per heavy atom. The zero-order valence-corrected chi connectivity index (χ0v) is 10.5. The van der Waals surface area contributed by atoms with Crippen LogP contribution in [0.5, 0.6) is 0 Å². The van der Waals surface area contributed by atoms with Gasteiger partial charge >= 0.3 is 0 Å². The number of rotatable bonds is 2. The van der Waals surface area contributed by atoms with Crippen molar-refractivity contribution in [2.75, 3.05) is 5.73 Å². The number of nitrogen functional groups attached to an aromatic ring is 1. The first kappa shape index (κ1) is 11.4. The minimum atomic E-state index is 0.351. The van der Waals surface area contributed by atoms with Crippen molar-refractivity contribution in [1.82, 2.24) is 24.9 Å². The third-order valence-corrected chi connectivity index (χ3v) is 2.92. The van der Waals surface area contributed by atoms with Gasteiger partial charge in [0, 0.05) is 25.0 Å². The molecule has 0 aliphatic rings. The van der Waals surface area contributed by atoms with Gasteiger partial charge in [0.15, 0.2) is 0 Å². The van der Waals surface area contributed by atoms with Crippen LogP contribution in [0.1, 0.15) is 5.56 Å². The van der Waals surface area contributed by atoms with E-state index in [2.05, 4.69) is 20.2 Å². The van der Waals surface area contributed by atoms with Gasteiger partial charge in [0.25, 0.3) is 5.89 Å². The smallest absolute Gasteiger partial charge is 0.263 e. The van der Waals surface area contributed by atoms with E-state index < -0.39 is 0 Å². The quantitative estimate of drug-likeness (QED) is 0.745. The minimum absolute atomic E-state index is 0.351. The Hall–Kier alpha value is -2.70. The van der Waals surface area contributed by atoms with Crippen molar-refractivity contribution < 1.29 is 4.52 Å². The van der Waals surface area contributed by atoms with Crippen molar-refractivity contribution in [3.8, 4) is 22.8 Å². The van der Waals surface area contributed by atoms with Gasteiger partial charge in [-0.1, -0.05) is 5.16 Å². The van der Waals surface area contributed by atoms with Gasteiger partial charge in [0.1, 0.15) is 11.4 Å². The zero-order chi connectivity index (χ0) is 13.4. The van der Waals surface area contributed by atoms with Gasteiger partial charge in [-0.2, -0.15) is 10.1 Å². The molecule has 0 spiro atoms. The Morgan fingerprint density at radius 3 is 2.79 bits per heavy atom. The summed E-state index contributed by atoms with van der Waals surface area (Å²) in [6.07, 6.45) is 5.03. The van der Waals surface area contributed by atoms with E-state index >= 15 is 0 Å². The summed E-state index contributed by atoms with van der Waals surface area (Å²) in [5, 5.41) is 8.00. The summed E-state index contributed by atoms with van der Waals surface area (Å²) < 4.78 is 6.78. The number of hydrogen-bond acceptors (Lipinski definition) is 6. The zero-order valence-electron chi connectivity index (χ0n) is 10.5. The van der Waals surface area contributed by atoms with Gasteiger partial charge in [-0.25, -0.2) is 0 Å². The summed E-state index contributed by atoms with van der Waals surface area (Å²) in [5.41, 5.74) is 8.36. The van der Waals surface area contributed by atoms with Crippen molar-refractivity contribution in [3.63, 3.8) is 0 Å². The minimum Gasteiger partial charge on any atom is -0.383 e. The second kappa shape index (κ2) is 4.20. The highest BCUT2D eigenvalue weighted by molar-refractivity contribution is 5.68. The molecule has 0 atom stereocenters. The van der Waals surface area contributed by atoms with Crippen LogP contribution in [0.4, 0.5) is 5.82 Å². The molecule has 96 valence electrons. The summed E-state index contributed by atoms with van der Waals surface area (Å²) in [7, 11) is 1.75. The predicted octanol–water partition coefficient (Wildman–Crippen LogP) is 1.42. The van der Waals surface area contributed by atoms with Gasteiger partial charge in [-0.15, -0.1) is 0 Å². The Labute approximate surface area is 109 Å². The topological polar surface area (TPSA) is 95.7 Å². The van der Waals surface area contributed by atoms with E-state index in [-0.39, 0.29) is 0 Å². The fourth-order valence-corrected chi connectivity index (χ4v) is 1.75. The fraction of sp³-hybridized carbons (Fsp3) is 0.167. The van der Waals surface area contributed by atoms with Crippen LogP contribution in [0, 0.1) is 6.92 Å². The highest BCUT2D eigenvalue weighted by Gasteiger charge is 2.16. The second-order valence-corrected chi connectivity index (χ2v) is 4.18. The molecule has 0 radical (unpaired) electrons. The van der Waals surface area contributed by atoms with E-state index in [1.54, 1.807) is 30.3 Å². The number of aryl methyl sites for hydroxylation is 2. The van der Waals surface area contributed by atoms with Gasteiger partial charge < -0.3 is 10.3 Å². The molecule has 0 aliphatic heterocycles. The summed E-state index contributed by atoms with van der Waals surface area (Å²) >= 11 is 0. The molecular weight excluding hydrogens is 244 g/mol. The van der Waals surface area contributed by atoms with Crippen LogP contribution < -0.4 is 5.73 Å². The number of nitrogens with zero attached hydrogens (tertiary/aromatic N) is 5. The summed E-state index contributed by atoms with van der Waals surface area (Å²) in [5.74, 6) is 1.32. The first-order valence-corrected chi connectivity index (χ1v) is 5.69. The monoisotopic (exact) mass is 256 g/mol. The van der Waals surface area contributed by atoms with E-state index in [4.69, 9.17) is 10.3 Å². The van der Waals surface area contributed by atoms with E-state index in [1.165, 1.54) is 0 Å². The van der Waals surface area contributed by atoms with Crippen LogP contribution in [0.25, 0.3) is 22.8 Å². The molecule has 3 heterocycles. The lowest BCUT2D eigenvalue weighted by molar-refractivity contribution is 0.432. The number of pyridine rings is 1. The van der Waals surface area contributed by atoms with Crippen LogP contribution >= 0.6 is 0 Å². The van der Waals surface area contributed by atoms with Gasteiger partial charge in [0.05, 0.1) is 6.20 Å². The lowest BCUT2D eigenvalue weighted by atomic mass is 10.1. The molecule has 0 bridgehead atoms. The van der Waals surface area contributed by atoms with Crippen LogP contribution in [-0.4, -0.2) is 24.9 Å². The normalized spacial score (nSPS) is 10.8. The molecule has 3 aromatic heterocycles. The number of hydrogen-bond donors (Lipinski definition) is 1. The van der Waals surface area contributed by atoms with Gasteiger partial charge in [-0.3, -0.25) is 9.67 Å². The van der Waals surface area contributed by atoms with Crippen LogP contribution in [0.15, 0.2) is 29.2 Å². The standard InChI is InChI=1S/C12H12N6O/c1-7-3-4-14-5-8(7)11-16-12(19-17-11)9-6-15-18(2)10(9)13/h3-6H,13H2,1-2H3.